The fourth-order valence-electron chi connectivity index (χ4n) is 1.37. The molecule has 0 aliphatic carbocycles. The van der Waals surface area contributed by atoms with Crippen LogP contribution in [0.4, 0.5) is 10.1 Å². The summed E-state index contributed by atoms with van der Waals surface area (Å²) in [6, 6.07) is 4.32. The van der Waals surface area contributed by atoms with E-state index in [1.807, 2.05) is 0 Å². The Morgan fingerprint density at radius 3 is 2.83 bits per heavy atom. The average molecular weight is 317 g/mol. The van der Waals surface area contributed by atoms with Crippen molar-refractivity contribution in [1.82, 2.24) is 5.32 Å². The molecule has 2 N–H and O–H groups in total. The van der Waals surface area contributed by atoms with Gasteiger partial charge in [0.05, 0.1) is 12.2 Å². The molecule has 0 atom stereocenters. The summed E-state index contributed by atoms with van der Waals surface area (Å²) in [4.78, 5) is 11.5. The Morgan fingerprint density at radius 2 is 2.17 bits per heavy atom. The van der Waals surface area contributed by atoms with Gasteiger partial charge in [-0.1, -0.05) is 13.8 Å². The third-order valence-corrected chi connectivity index (χ3v) is 3.10. The van der Waals surface area contributed by atoms with E-state index >= 15 is 0 Å². The molecule has 0 heterocycles. The molecule has 0 saturated heterocycles. The van der Waals surface area contributed by atoms with E-state index in [4.69, 9.17) is 0 Å². The minimum atomic E-state index is -0.332. The molecule has 100 valence electrons. The fraction of sp³-hybridized carbons (Fsp3) is 0.462. The number of rotatable bonds is 6. The van der Waals surface area contributed by atoms with Crippen LogP contribution in [0, 0.1) is 11.7 Å². The molecule has 1 rings (SSSR count). The smallest absolute Gasteiger partial charge is 0.239 e. The molecule has 0 aliphatic heterocycles. The highest BCUT2D eigenvalue weighted by atomic mass is 79.9. The van der Waals surface area contributed by atoms with Gasteiger partial charge < -0.3 is 10.6 Å². The Kier molecular flexibility index (Phi) is 6.12. The largest absolute Gasteiger partial charge is 0.375 e. The number of anilines is 1. The van der Waals surface area contributed by atoms with Crippen molar-refractivity contribution in [1.29, 1.82) is 0 Å². The molecule has 1 amide bonds. The van der Waals surface area contributed by atoms with Crippen LogP contribution in [0.3, 0.4) is 0 Å². The number of nitrogens with one attached hydrogen (secondary N) is 2. The number of hydrogen-bond acceptors (Lipinski definition) is 2. The van der Waals surface area contributed by atoms with Crippen LogP contribution in [0.2, 0.25) is 0 Å². The van der Waals surface area contributed by atoms with Gasteiger partial charge in [0.15, 0.2) is 0 Å². The van der Waals surface area contributed by atoms with Gasteiger partial charge in [-0.2, -0.15) is 0 Å². The maximum absolute atomic E-state index is 13.0. The molecular weight excluding hydrogens is 299 g/mol. The SMILES string of the molecule is CC(C)CCNC(=O)CNc1cc(F)ccc1Br. The Bertz CT molecular complexity index is 410. The highest BCUT2D eigenvalue weighted by molar-refractivity contribution is 9.10. The minimum absolute atomic E-state index is 0.0909. The molecule has 0 unspecified atom stereocenters. The molecule has 1 aromatic rings. The Morgan fingerprint density at radius 1 is 1.44 bits per heavy atom. The van der Waals surface area contributed by atoms with Crippen molar-refractivity contribution in [2.45, 2.75) is 20.3 Å². The van der Waals surface area contributed by atoms with Crippen LogP contribution in [0.5, 0.6) is 0 Å². The molecule has 1 aromatic carbocycles. The van der Waals surface area contributed by atoms with Crippen molar-refractivity contribution in [3.63, 3.8) is 0 Å². The van der Waals surface area contributed by atoms with Crippen LogP contribution < -0.4 is 10.6 Å². The van der Waals surface area contributed by atoms with E-state index in [9.17, 15) is 9.18 Å². The summed E-state index contributed by atoms with van der Waals surface area (Å²) in [5, 5.41) is 5.70. The van der Waals surface area contributed by atoms with E-state index in [-0.39, 0.29) is 18.3 Å². The van der Waals surface area contributed by atoms with Gasteiger partial charge in [-0.25, -0.2) is 4.39 Å². The molecule has 18 heavy (non-hydrogen) atoms. The summed E-state index contributed by atoms with van der Waals surface area (Å²) in [7, 11) is 0. The van der Waals surface area contributed by atoms with Crippen LogP contribution in [-0.4, -0.2) is 19.0 Å². The van der Waals surface area contributed by atoms with Crippen molar-refractivity contribution < 1.29 is 9.18 Å². The van der Waals surface area contributed by atoms with Gasteiger partial charge in [0.2, 0.25) is 5.91 Å². The molecule has 3 nitrogen and oxygen atoms in total. The summed E-state index contributed by atoms with van der Waals surface area (Å²) in [5.74, 6) is 0.142. The van der Waals surface area contributed by atoms with E-state index in [1.165, 1.54) is 12.1 Å². The average Bonchev–Trinajstić information content (AvgIpc) is 2.30. The van der Waals surface area contributed by atoms with Crippen molar-refractivity contribution in [3.8, 4) is 0 Å². The zero-order valence-corrected chi connectivity index (χ0v) is 12.2. The lowest BCUT2D eigenvalue weighted by Crippen LogP contribution is -2.31. The Hall–Kier alpha value is -1.10. The maximum Gasteiger partial charge on any atom is 0.239 e. The molecule has 0 bridgehead atoms. The number of carbonyl (C=O) groups excluding carboxylic acids is 1. The van der Waals surface area contributed by atoms with Crippen molar-refractivity contribution in [3.05, 3.63) is 28.5 Å². The highest BCUT2D eigenvalue weighted by Crippen LogP contribution is 2.22. The van der Waals surface area contributed by atoms with Crippen LogP contribution in [-0.2, 0) is 4.79 Å². The van der Waals surface area contributed by atoms with Crippen LogP contribution in [0.1, 0.15) is 20.3 Å². The van der Waals surface area contributed by atoms with E-state index in [0.717, 1.165) is 10.9 Å². The first kappa shape index (κ1) is 15.0. The predicted octanol–water partition coefficient (Wildman–Crippen LogP) is 3.16. The van der Waals surface area contributed by atoms with E-state index < -0.39 is 0 Å². The zero-order valence-electron chi connectivity index (χ0n) is 10.6. The molecule has 0 fully saturated rings. The van der Waals surface area contributed by atoms with Crippen molar-refractivity contribution in [2.75, 3.05) is 18.4 Å². The molecule has 5 heteroatoms. The molecule has 0 aromatic heterocycles. The molecule has 0 aliphatic rings. The van der Waals surface area contributed by atoms with E-state index in [2.05, 4.69) is 40.4 Å². The molecule has 0 spiro atoms. The first-order valence-electron chi connectivity index (χ1n) is 5.94. The van der Waals surface area contributed by atoms with Gasteiger partial charge in [-0.15, -0.1) is 0 Å². The monoisotopic (exact) mass is 316 g/mol. The normalized spacial score (nSPS) is 10.5. The van der Waals surface area contributed by atoms with Crippen LogP contribution in [0.15, 0.2) is 22.7 Å². The number of amides is 1. The van der Waals surface area contributed by atoms with Crippen LogP contribution >= 0.6 is 15.9 Å². The highest BCUT2D eigenvalue weighted by Gasteiger charge is 2.05. The summed E-state index contributed by atoms with van der Waals surface area (Å²) in [6.07, 6.45) is 0.954. The predicted molar refractivity (Wildman–Crippen MR) is 75.1 cm³/mol. The number of benzene rings is 1. The van der Waals surface area contributed by atoms with Gasteiger partial charge in [-0.05, 0) is 46.5 Å². The second kappa shape index (κ2) is 7.36. The standard InChI is InChI=1S/C13H18BrFN2O/c1-9(2)5-6-16-13(18)8-17-12-7-10(15)3-4-11(12)14/h3-4,7,9,17H,5-6,8H2,1-2H3,(H,16,18). The fourth-order valence-corrected chi connectivity index (χ4v) is 1.76. The first-order valence-corrected chi connectivity index (χ1v) is 6.74. The summed E-state index contributed by atoms with van der Waals surface area (Å²) in [5.41, 5.74) is 0.578. The van der Waals surface area contributed by atoms with Gasteiger partial charge in [0.25, 0.3) is 0 Å². The van der Waals surface area contributed by atoms with Gasteiger partial charge in [-0.3, -0.25) is 4.79 Å². The number of halogens is 2. The summed E-state index contributed by atoms with van der Waals surface area (Å²) < 4.78 is 13.7. The Labute approximate surface area is 115 Å². The lowest BCUT2D eigenvalue weighted by atomic mass is 10.1. The third kappa shape index (κ3) is 5.49. The van der Waals surface area contributed by atoms with Gasteiger partial charge in [0, 0.05) is 11.0 Å². The molecular formula is C13H18BrFN2O. The van der Waals surface area contributed by atoms with E-state index in [0.29, 0.717) is 18.2 Å². The Balaban J connectivity index is 2.36. The summed E-state index contributed by atoms with van der Waals surface area (Å²) >= 11 is 3.29. The minimum Gasteiger partial charge on any atom is -0.375 e. The summed E-state index contributed by atoms with van der Waals surface area (Å²) in [6.45, 7) is 5.02. The quantitative estimate of drug-likeness (QED) is 0.846. The lowest BCUT2D eigenvalue weighted by molar-refractivity contribution is -0.119. The zero-order chi connectivity index (χ0) is 13.5. The molecule has 0 saturated carbocycles. The second-order valence-electron chi connectivity index (χ2n) is 4.51. The maximum atomic E-state index is 13.0. The van der Waals surface area contributed by atoms with Gasteiger partial charge in [0.1, 0.15) is 5.82 Å². The molecule has 0 radical (unpaired) electrons. The third-order valence-electron chi connectivity index (χ3n) is 2.41. The van der Waals surface area contributed by atoms with Crippen molar-refractivity contribution >= 4 is 27.5 Å². The number of hydrogen-bond donors (Lipinski definition) is 2. The van der Waals surface area contributed by atoms with Gasteiger partial charge >= 0.3 is 0 Å². The van der Waals surface area contributed by atoms with Crippen molar-refractivity contribution in [2.24, 2.45) is 5.92 Å². The van der Waals surface area contributed by atoms with Crippen LogP contribution in [0.25, 0.3) is 0 Å². The first-order chi connectivity index (χ1) is 8.49. The second-order valence-corrected chi connectivity index (χ2v) is 5.36. The lowest BCUT2D eigenvalue weighted by Gasteiger charge is -2.10. The van der Waals surface area contributed by atoms with E-state index in [1.54, 1.807) is 6.07 Å². The topological polar surface area (TPSA) is 41.1 Å². The number of carbonyl (C=O) groups is 1.